The molecule has 1 fully saturated rings. The van der Waals surface area contributed by atoms with Crippen LogP contribution in [0.5, 0.6) is 0 Å². The molecule has 0 atom stereocenters. The Balaban J connectivity index is 0.00000480. The molecule has 9 nitrogen and oxygen atoms in total. The summed E-state index contributed by atoms with van der Waals surface area (Å²) in [7, 11) is 1.96. The number of nitrogens with zero attached hydrogens (tertiary/aromatic N) is 4. The monoisotopic (exact) mass is 549 g/mol. The molecule has 0 saturated heterocycles. The van der Waals surface area contributed by atoms with E-state index in [9.17, 15) is 4.79 Å². The van der Waals surface area contributed by atoms with Gasteiger partial charge in [0.2, 0.25) is 0 Å². The molecular weight excluding hydrogens is 509 g/mol. The smallest absolute Gasteiger partial charge is 0.407 e. The van der Waals surface area contributed by atoms with Crippen LogP contribution in [0.2, 0.25) is 0 Å². The van der Waals surface area contributed by atoms with Crippen LogP contribution in [-0.2, 0) is 18.3 Å². The molecule has 178 valence electrons. The topological polar surface area (TPSA) is 105 Å². The van der Waals surface area contributed by atoms with Crippen molar-refractivity contribution in [2.24, 2.45) is 12.0 Å². The fraction of sp³-hybridized carbons (Fsp3) is 0.810. The largest absolute Gasteiger partial charge is 0.444 e. The standard InChI is InChI=1S/C21H39N7O2.HI/c1-7-8-13-22-19(23-14-18-27-26-15(2)28(18)6)24-16-9-11-17(12-10-16)25-20(29)30-21(3,4)5;/h16-17H,7-14H2,1-6H3,(H,25,29)(H2,22,23,24);1H. The molecule has 1 amide bonds. The first-order chi connectivity index (χ1) is 14.2. The molecule has 1 aromatic rings. The average Bonchev–Trinajstić information content (AvgIpc) is 2.98. The van der Waals surface area contributed by atoms with E-state index in [1.807, 2.05) is 39.3 Å². The molecule has 1 aromatic heterocycles. The van der Waals surface area contributed by atoms with Gasteiger partial charge in [0, 0.05) is 25.7 Å². The summed E-state index contributed by atoms with van der Waals surface area (Å²) in [6.45, 7) is 11.1. The molecular formula is C21H40IN7O2. The summed E-state index contributed by atoms with van der Waals surface area (Å²) in [5, 5.41) is 18.3. The van der Waals surface area contributed by atoms with Crippen molar-refractivity contribution in [3.63, 3.8) is 0 Å². The average molecular weight is 550 g/mol. The van der Waals surface area contributed by atoms with E-state index in [-0.39, 0.29) is 36.1 Å². The second-order valence-electron chi connectivity index (χ2n) is 9.01. The first kappa shape index (κ1) is 27.4. The zero-order chi connectivity index (χ0) is 22.1. The number of hydrogen-bond donors (Lipinski definition) is 3. The minimum absolute atomic E-state index is 0. The molecule has 1 saturated carbocycles. The van der Waals surface area contributed by atoms with Crippen LogP contribution in [0, 0.1) is 6.92 Å². The highest BCUT2D eigenvalue weighted by molar-refractivity contribution is 14.0. The third-order valence-electron chi connectivity index (χ3n) is 5.17. The fourth-order valence-corrected chi connectivity index (χ4v) is 3.32. The molecule has 1 aliphatic carbocycles. The van der Waals surface area contributed by atoms with Crippen LogP contribution >= 0.6 is 24.0 Å². The van der Waals surface area contributed by atoms with Gasteiger partial charge < -0.3 is 25.3 Å². The van der Waals surface area contributed by atoms with Gasteiger partial charge in [-0.3, -0.25) is 0 Å². The van der Waals surface area contributed by atoms with Crippen LogP contribution in [-0.4, -0.2) is 51.0 Å². The van der Waals surface area contributed by atoms with E-state index in [2.05, 4.69) is 33.1 Å². The predicted molar refractivity (Wildman–Crippen MR) is 134 cm³/mol. The summed E-state index contributed by atoms with van der Waals surface area (Å²) in [5.41, 5.74) is -0.473. The zero-order valence-corrected chi connectivity index (χ0v) is 22.2. The lowest BCUT2D eigenvalue weighted by Gasteiger charge is -2.31. The Hall–Kier alpha value is -1.59. The first-order valence-corrected chi connectivity index (χ1v) is 11.1. The van der Waals surface area contributed by atoms with Crippen molar-refractivity contribution in [3.05, 3.63) is 11.6 Å². The van der Waals surface area contributed by atoms with E-state index in [1.165, 1.54) is 0 Å². The number of carbonyl (C=O) groups excluding carboxylic acids is 1. The second kappa shape index (κ2) is 13.1. The van der Waals surface area contributed by atoms with Crippen molar-refractivity contribution in [1.29, 1.82) is 0 Å². The highest BCUT2D eigenvalue weighted by Crippen LogP contribution is 2.19. The van der Waals surface area contributed by atoms with E-state index in [0.29, 0.717) is 12.6 Å². The van der Waals surface area contributed by atoms with Gasteiger partial charge in [0.15, 0.2) is 11.8 Å². The second-order valence-corrected chi connectivity index (χ2v) is 9.01. The summed E-state index contributed by atoms with van der Waals surface area (Å²) in [4.78, 5) is 16.7. The van der Waals surface area contributed by atoms with Gasteiger partial charge in [0.05, 0.1) is 0 Å². The Bertz CT molecular complexity index is 707. The van der Waals surface area contributed by atoms with Crippen LogP contribution in [0.1, 0.15) is 77.9 Å². The number of alkyl carbamates (subject to hydrolysis) is 1. The predicted octanol–water partition coefficient (Wildman–Crippen LogP) is 3.41. The maximum Gasteiger partial charge on any atom is 0.407 e. The number of ether oxygens (including phenoxy) is 1. The van der Waals surface area contributed by atoms with Gasteiger partial charge in [-0.15, -0.1) is 34.2 Å². The third kappa shape index (κ3) is 10.0. The molecule has 1 aliphatic rings. The lowest BCUT2D eigenvalue weighted by molar-refractivity contribution is 0.0490. The summed E-state index contributed by atoms with van der Waals surface area (Å²) in [5.74, 6) is 2.53. The number of aryl methyl sites for hydroxylation is 1. The molecule has 31 heavy (non-hydrogen) atoms. The van der Waals surface area contributed by atoms with E-state index >= 15 is 0 Å². The molecule has 0 aromatic carbocycles. The quantitative estimate of drug-likeness (QED) is 0.209. The Morgan fingerprint density at radius 1 is 1.16 bits per heavy atom. The van der Waals surface area contributed by atoms with Crippen LogP contribution in [0.4, 0.5) is 4.79 Å². The fourth-order valence-electron chi connectivity index (χ4n) is 3.32. The number of amides is 1. The van der Waals surface area contributed by atoms with Crippen molar-refractivity contribution < 1.29 is 9.53 Å². The van der Waals surface area contributed by atoms with Gasteiger partial charge in [-0.2, -0.15) is 0 Å². The van der Waals surface area contributed by atoms with Crippen LogP contribution in [0.3, 0.4) is 0 Å². The van der Waals surface area contributed by atoms with Gasteiger partial charge in [-0.25, -0.2) is 9.79 Å². The van der Waals surface area contributed by atoms with E-state index in [4.69, 9.17) is 9.73 Å². The van der Waals surface area contributed by atoms with E-state index < -0.39 is 5.60 Å². The van der Waals surface area contributed by atoms with E-state index in [0.717, 1.165) is 62.7 Å². The SMILES string of the molecule is CCCCNC(=NCc1nnc(C)n1C)NC1CCC(NC(=O)OC(C)(C)C)CC1.I. The molecule has 0 aliphatic heterocycles. The molecule has 0 radical (unpaired) electrons. The molecule has 10 heteroatoms. The Labute approximate surface area is 203 Å². The number of halogens is 1. The van der Waals surface area contributed by atoms with Crippen molar-refractivity contribution in [3.8, 4) is 0 Å². The molecule has 0 bridgehead atoms. The summed E-state index contributed by atoms with van der Waals surface area (Å²) in [6.07, 6.45) is 5.67. The lowest BCUT2D eigenvalue weighted by atomic mass is 9.91. The summed E-state index contributed by atoms with van der Waals surface area (Å²) in [6, 6.07) is 0.490. The van der Waals surface area contributed by atoms with Gasteiger partial charge in [0.1, 0.15) is 18.0 Å². The normalized spacial score (nSPS) is 19.4. The van der Waals surface area contributed by atoms with Gasteiger partial charge in [0.25, 0.3) is 0 Å². The summed E-state index contributed by atoms with van der Waals surface area (Å²) >= 11 is 0. The molecule has 0 unspecified atom stereocenters. The number of carbonyl (C=O) groups is 1. The highest BCUT2D eigenvalue weighted by atomic mass is 127. The molecule has 2 rings (SSSR count). The van der Waals surface area contributed by atoms with Gasteiger partial charge in [-0.1, -0.05) is 13.3 Å². The number of unbranched alkanes of at least 4 members (excludes halogenated alkanes) is 1. The maximum absolute atomic E-state index is 12.0. The minimum atomic E-state index is -0.473. The Kier molecular flexibility index (Phi) is 11.6. The van der Waals surface area contributed by atoms with Gasteiger partial charge in [-0.05, 0) is 59.8 Å². The number of aliphatic imine (C=N–C) groups is 1. The number of aromatic nitrogens is 3. The first-order valence-electron chi connectivity index (χ1n) is 11.1. The van der Waals surface area contributed by atoms with Crippen LogP contribution < -0.4 is 16.0 Å². The van der Waals surface area contributed by atoms with Crippen molar-refractivity contribution in [2.45, 2.75) is 97.4 Å². The lowest BCUT2D eigenvalue weighted by Crippen LogP contribution is -2.48. The molecule has 0 spiro atoms. The number of nitrogens with one attached hydrogen (secondary N) is 3. The number of hydrogen-bond acceptors (Lipinski definition) is 5. The number of guanidine groups is 1. The van der Waals surface area contributed by atoms with Crippen molar-refractivity contribution in [1.82, 2.24) is 30.7 Å². The zero-order valence-electron chi connectivity index (χ0n) is 19.8. The van der Waals surface area contributed by atoms with Gasteiger partial charge >= 0.3 is 6.09 Å². The van der Waals surface area contributed by atoms with Crippen LogP contribution in [0.15, 0.2) is 4.99 Å². The minimum Gasteiger partial charge on any atom is -0.444 e. The Morgan fingerprint density at radius 3 is 2.29 bits per heavy atom. The van der Waals surface area contributed by atoms with Crippen LogP contribution in [0.25, 0.3) is 0 Å². The number of rotatable bonds is 7. The Morgan fingerprint density at radius 2 is 1.77 bits per heavy atom. The highest BCUT2D eigenvalue weighted by Gasteiger charge is 2.25. The maximum atomic E-state index is 12.0. The van der Waals surface area contributed by atoms with E-state index in [1.54, 1.807) is 0 Å². The molecule has 3 N–H and O–H groups in total. The summed E-state index contributed by atoms with van der Waals surface area (Å²) < 4.78 is 7.32. The van der Waals surface area contributed by atoms with Crippen molar-refractivity contribution >= 4 is 36.0 Å². The van der Waals surface area contributed by atoms with Crippen molar-refractivity contribution in [2.75, 3.05) is 6.54 Å². The third-order valence-corrected chi connectivity index (χ3v) is 5.17. The molecule has 1 heterocycles.